The van der Waals surface area contributed by atoms with E-state index in [0.29, 0.717) is 22.0 Å². The minimum Gasteiger partial charge on any atom is -0.338 e. The first-order chi connectivity index (χ1) is 8.33. The third-order valence-corrected chi connectivity index (χ3v) is 2.44. The molecular weight excluding hydrogens is 240 g/mol. The van der Waals surface area contributed by atoms with Crippen molar-refractivity contribution in [3.05, 3.63) is 35.6 Å². The van der Waals surface area contributed by atoms with Crippen LogP contribution in [0.1, 0.15) is 0 Å². The van der Waals surface area contributed by atoms with E-state index in [4.69, 9.17) is 11.6 Å². The Kier molecular flexibility index (Phi) is 2.34. The number of aromatic amines is 1. The van der Waals surface area contributed by atoms with Crippen molar-refractivity contribution in [2.75, 3.05) is 5.32 Å². The second kappa shape index (κ2) is 3.99. The molecule has 1 aromatic carbocycles. The molecule has 2 heterocycles. The highest BCUT2D eigenvalue weighted by atomic mass is 35.5. The van der Waals surface area contributed by atoms with E-state index in [9.17, 15) is 0 Å². The normalized spacial score (nSPS) is 10.6. The molecule has 7 heteroatoms. The van der Waals surface area contributed by atoms with Crippen molar-refractivity contribution >= 4 is 34.3 Å². The third-order valence-electron chi connectivity index (χ3n) is 2.21. The van der Waals surface area contributed by atoms with Gasteiger partial charge in [0.05, 0.1) is 0 Å². The Morgan fingerprint density at radius 3 is 3.00 bits per heavy atom. The molecule has 84 valence electrons. The van der Waals surface area contributed by atoms with E-state index < -0.39 is 0 Å². The third kappa shape index (κ3) is 1.90. The van der Waals surface area contributed by atoms with Crippen molar-refractivity contribution in [3.63, 3.8) is 0 Å². The maximum absolute atomic E-state index is 5.90. The minimum absolute atomic E-state index is 0.518. The average molecular weight is 247 g/mol. The molecule has 2 N–H and O–H groups in total. The molecule has 6 nitrogen and oxygen atoms in total. The maximum Gasteiger partial charge on any atom is 0.206 e. The summed E-state index contributed by atoms with van der Waals surface area (Å²) in [6, 6.07) is 7.35. The molecule has 0 saturated carbocycles. The predicted molar refractivity (Wildman–Crippen MR) is 64.2 cm³/mol. The molecule has 0 fully saturated rings. The Bertz CT molecular complexity index is 664. The first kappa shape index (κ1) is 9.98. The number of hydrogen-bond donors (Lipinski definition) is 2. The summed E-state index contributed by atoms with van der Waals surface area (Å²) >= 11 is 5.90. The highest BCUT2D eigenvalue weighted by Crippen LogP contribution is 2.21. The Morgan fingerprint density at radius 1 is 1.18 bits per heavy atom. The lowest BCUT2D eigenvalue weighted by Gasteiger charge is -2.04. The molecule has 0 unspecified atom stereocenters. The van der Waals surface area contributed by atoms with E-state index in [1.165, 1.54) is 6.33 Å². The van der Waals surface area contributed by atoms with Crippen molar-refractivity contribution in [2.45, 2.75) is 0 Å². The number of halogens is 1. The molecule has 3 aromatic rings. The minimum atomic E-state index is 0.518. The van der Waals surface area contributed by atoms with Gasteiger partial charge < -0.3 is 5.32 Å². The molecular formula is C10H7ClN6. The number of benzene rings is 1. The fourth-order valence-corrected chi connectivity index (χ4v) is 1.66. The highest BCUT2D eigenvalue weighted by molar-refractivity contribution is 6.30. The quantitative estimate of drug-likeness (QED) is 0.724. The monoisotopic (exact) mass is 246 g/mol. The van der Waals surface area contributed by atoms with Gasteiger partial charge in [0.25, 0.3) is 0 Å². The summed E-state index contributed by atoms with van der Waals surface area (Å²) in [4.78, 5) is 8.10. The summed E-state index contributed by atoms with van der Waals surface area (Å²) in [6.45, 7) is 0. The van der Waals surface area contributed by atoms with Crippen LogP contribution in [0, 0.1) is 0 Å². The van der Waals surface area contributed by atoms with Crippen molar-refractivity contribution in [1.29, 1.82) is 0 Å². The predicted octanol–water partition coefficient (Wildman–Crippen LogP) is 2.14. The first-order valence-electron chi connectivity index (χ1n) is 4.87. The van der Waals surface area contributed by atoms with E-state index in [2.05, 4.69) is 30.7 Å². The Hall–Kier alpha value is -2.21. The van der Waals surface area contributed by atoms with Gasteiger partial charge in [-0.3, -0.25) is 0 Å². The number of anilines is 2. The zero-order valence-electron chi connectivity index (χ0n) is 8.55. The van der Waals surface area contributed by atoms with E-state index in [1.807, 2.05) is 12.1 Å². The molecule has 0 spiro atoms. The summed E-state index contributed by atoms with van der Waals surface area (Å²) in [5, 5.41) is 14.1. The summed E-state index contributed by atoms with van der Waals surface area (Å²) in [6.07, 6.45) is 1.43. The van der Waals surface area contributed by atoms with Gasteiger partial charge in [0, 0.05) is 10.7 Å². The molecule has 0 atom stereocenters. The molecule has 3 rings (SSSR count). The summed E-state index contributed by atoms with van der Waals surface area (Å²) in [5.74, 6) is 0.589. The standard InChI is InChI=1S/C10H7ClN6/c11-6-2-1-3-7(4-6)14-9-8-10(13-5-12-9)16-17-15-8/h1-5H,(H2,12,13,14,15,16,17). The van der Waals surface area contributed by atoms with Crippen LogP contribution in [0.2, 0.25) is 5.02 Å². The molecule has 0 amide bonds. The SMILES string of the molecule is Clc1cccc(Nc2ncnc3n[nH]nc23)c1. The first-order valence-corrected chi connectivity index (χ1v) is 5.25. The van der Waals surface area contributed by atoms with Gasteiger partial charge in [0.15, 0.2) is 11.3 Å². The van der Waals surface area contributed by atoms with Gasteiger partial charge in [0.1, 0.15) is 6.33 Å². The second-order valence-electron chi connectivity index (χ2n) is 3.35. The van der Waals surface area contributed by atoms with Crippen LogP contribution in [-0.4, -0.2) is 25.4 Å². The van der Waals surface area contributed by atoms with Crippen LogP contribution >= 0.6 is 11.6 Å². The lowest BCUT2D eigenvalue weighted by atomic mass is 10.3. The molecule has 0 bridgehead atoms. The average Bonchev–Trinajstić information content (AvgIpc) is 2.78. The molecule has 0 aliphatic rings. The molecule has 0 aliphatic heterocycles. The van der Waals surface area contributed by atoms with Gasteiger partial charge in [0.2, 0.25) is 5.65 Å². The van der Waals surface area contributed by atoms with Crippen LogP contribution in [0.5, 0.6) is 0 Å². The van der Waals surface area contributed by atoms with Gasteiger partial charge in [-0.2, -0.15) is 10.3 Å². The second-order valence-corrected chi connectivity index (χ2v) is 3.79. The van der Waals surface area contributed by atoms with E-state index in [1.54, 1.807) is 12.1 Å². The van der Waals surface area contributed by atoms with E-state index in [0.717, 1.165) is 5.69 Å². The molecule has 2 aromatic heterocycles. The Morgan fingerprint density at radius 2 is 2.12 bits per heavy atom. The van der Waals surface area contributed by atoms with Crippen molar-refractivity contribution in [1.82, 2.24) is 25.4 Å². The fourth-order valence-electron chi connectivity index (χ4n) is 1.47. The number of nitrogens with one attached hydrogen (secondary N) is 2. The molecule has 0 radical (unpaired) electrons. The Labute approximate surface area is 101 Å². The van der Waals surface area contributed by atoms with Gasteiger partial charge in [-0.1, -0.05) is 17.7 Å². The number of rotatable bonds is 2. The van der Waals surface area contributed by atoms with Crippen LogP contribution in [0.25, 0.3) is 11.2 Å². The molecule has 0 aliphatic carbocycles. The zero-order chi connectivity index (χ0) is 11.7. The Balaban J connectivity index is 2.02. The number of H-pyrrole nitrogens is 1. The van der Waals surface area contributed by atoms with Crippen molar-refractivity contribution < 1.29 is 0 Å². The maximum atomic E-state index is 5.90. The summed E-state index contributed by atoms with van der Waals surface area (Å²) in [5.41, 5.74) is 1.94. The number of hydrogen-bond acceptors (Lipinski definition) is 5. The molecule has 17 heavy (non-hydrogen) atoms. The van der Waals surface area contributed by atoms with Gasteiger partial charge in [-0.25, -0.2) is 9.97 Å². The van der Waals surface area contributed by atoms with Crippen LogP contribution < -0.4 is 5.32 Å². The fraction of sp³-hybridized carbons (Fsp3) is 0. The van der Waals surface area contributed by atoms with Crippen molar-refractivity contribution in [2.24, 2.45) is 0 Å². The van der Waals surface area contributed by atoms with Gasteiger partial charge in [-0.15, -0.1) is 5.10 Å². The van der Waals surface area contributed by atoms with Crippen LogP contribution in [0.15, 0.2) is 30.6 Å². The van der Waals surface area contributed by atoms with Crippen LogP contribution in [-0.2, 0) is 0 Å². The van der Waals surface area contributed by atoms with Gasteiger partial charge in [-0.05, 0) is 18.2 Å². The molecule has 0 saturated heterocycles. The lowest BCUT2D eigenvalue weighted by molar-refractivity contribution is 0.954. The topological polar surface area (TPSA) is 79.4 Å². The van der Waals surface area contributed by atoms with E-state index >= 15 is 0 Å². The smallest absolute Gasteiger partial charge is 0.206 e. The zero-order valence-corrected chi connectivity index (χ0v) is 9.31. The summed E-state index contributed by atoms with van der Waals surface area (Å²) in [7, 11) is 0. The highest BCUT2D eigenvalue weighted by Gasteiger charge is 2.07. The number of aromatic nitrogens is 5. The van der Waals surface area contributed by atoms with Gasteiger partial charge >= 0.3 is 0 Å². The largest absolute Gasteiger partial charge is 0.338 e. The van der Waals surface area contributed by atoms with E-state index in [-0.39, 0.29) is 0 Å². The van der Waals surface area contributed by atoms with Crippen molar-refractivity contribution in [3.8, 4) is 0 Å². The van der Waals surface area contributed by atoms with Crippen LogP contribution in [0.4, 0.5) is 11.5 Å². The lowest BCUT2D eigenvalue weighted by Crippen LogP contribution is -1.95. The van der Waals surface area contributed by atoms with Crippen LogP contribution in [0.3, 0.4) is 0 Å². The number of fused-ring (bicyclic) bond motifs is 1. The summed E-state index contributed by atoms with van der Waals surface area (Å²) < 4.78 is 0. The number of nitrogens with zero attached hydrogens (tertiary/aromatic N) is 4.